The van der Waals surface area contributed by atoms with Gasteiger partial charge in [-0.05, 0) is 45.7 Å². The summed E-state index contributed by atoms with van der Waals surface area (Å²) in [7, 11) is 2.19. The Labute approximate surface area is 178 Å². The topological polar surface area (TPSA) is 67.6 Å². The van der Waals surface area contributed by atoms with Gasteiger partial charge in [0, 0.05) is 30.6 Å². The Morgan fingerprint density at radius 3 is 2.64 bits per heavy atom. The van der Waals surface area contributed by atoms with Crippen LogP contribution in [0.4, 0.5) is 5.69 Å². The highest BCUT2D eigenvalue weighted by molar-refractivity contribution is 6.33. The van der Waals surface area contributed by atoms with Crippen LogP contribution in [0.2, 0.25) is 5.02 Å². The molecule has 3 rings (SSSR count). The fourth-order valence-corrected chi connectivity index (χ4v) is 4.27. The van der Waals surface area contributed by atoms with Gasteiger partial charge in [-0.3, -0.25) is 4.79 Å². The number of hydrogen-bond acceptors (Lipinski definition) is 4. The van der Waals surface area contributed by atoms with E-state index in [2.05, 4.69) is 29.1 Å². The van der Waals surface area contributed by atoms with E-state index in [1.807, 2.05) is 13.8 Å². The maximum absolute atomic E-state index is 13.0. The smallest absolute Gasteiger partial charge is 0.255 e. The summed E-state index contributed by atoms with van der Waals surface area (Å²) in [6.45, 7) is 3.83. The molecule has 0 radical (unpaired) electrons. The van der Waals surface area contributed by atoms with Crippen LogP contribution in [0.15, 0.2) is 12.1 Å². The highest BCUT2D eigenvalue weighted by Gasteiger charge is 2.39. The molecular weight excluding hydrogens is 397 g/mol. The summed E-state index contributed by atoms with van der Waals surface area (Å²) >= 11 is 6.17. The van der Waals surface area contributed by atoms with Crippen molar-refractivity contribution in [3.05, 3.63) is 22.7 Å². The van der Waals surface area contributed by atoms with Crippen LogP contribution >= 0.6 is 24.0 Å². The van der Waals surface area contributed by atoms with Crippen molar-refractivity contribution < 1.29 is 9.53 Å². The molecular formula is C21H29Cl2N3O2. The molecule has 1 amide bonds. The van der Waals surface area contributed by atoms with Gasteiger partial charge in [-0.1, -0.05) is 30.4 Å². The molecule has 2 heterocycles. The first-order valence-electron chi connectivity index (χ1n) is 9.65. The lowest BCUT2D eigenvalue weighted by atomic mass is 9.97. The number of nitrogens with two attached hydrogens (primary N) is 1. The summed E-state index contributed by atoms with van der Waals surface area (Å²) in [6.07, 6.45) is 4.80. The van der Waals surface area contributed by atoms with Crippen LogP contribution in [0.1, 0.15) is 56.3 Å². The molecule has 3 atom stereocenters. The Balaban J connectivity index is 0.00000280. The fourth-order valence-electron chi connectivity index (χ4n) is 4.10. The Kier molecular flexibility index (Phi) is 7.88. The number of carbonyl (C=O) groups excluding carboxylic acids is 1. The number of nitrogens with zero attached hydrogens (tertiary/aromatic N) is 1. The minimum absolute atomic E-state index is 0. The van der Waals surface area contributed by atoms with E-state index in [9.17, 15) is 4.79 Å². The summed E-state index contributed by atoms with van der Waals surface area (Å²) in [4.78, 5) is 15.4. The van der Waals surface area contributed by atoms with Gasteiger partial charge in [-0.25, -0.2) is 0 Å². The van der Waals surface area contributed by atoms with Gasteiger partial charge in [0.25, 0.3) is 5.91 Å². The predicted octanol–water partition coefficient (Wildman–Crippen LogP) is 3.88. The molecule has 2 aliphatic rings. The van der Waals surface area contributed by atoms with Crippen molar-refractivity contribution in [3.63, 3.8) is 0 Å². The number of amides is 1. The van der Waals surface area contributed by atoms with E-state index >= 15 is 0 Å². The number of ether oxygens (including phenoxy) is 1. The van der Waals surface area contributed by atoms with E-state index in [-0.39, 0.29) is 30.5 Å². The van der Waals surface area contributed by atoms with Crippen molar-refractivity contribution in [2.45, 2.75) is 70.2 Å². The van der Waals surface area contributed by atoms with Gasteiger partial charge in [-0.15, -0.1) is 12.4 Å². The van der Waals surface area contributed by atoms with Gasteiger partial charge < -0.3 is 20.7 Å². The van der Waals surface area contributed by atoms with Crippen molar-refractivity contribution in [2.75, 3.05) is 12.8 Å². The molecule has 0 aromatic heterocycles. The molecule has 1 aromatic carbocycles. The zero-order chi connectivity index (χ0) is 19.6. The second kappa shape index (κ2) is 9.73. The monoisotopic (exact) mass is 425 g/mol. The lowest BCUT2D eigenvalue weighted by molar-refractivity contribution is 0.0878. The van der Waals surface area contributed by atoms with Crippen LogP contribution in [0.25, 0.3) is 0 Å². The van der Waals surface area contributed by atoms with E-state index in [1.165, 1.54) is 12.8 Å². The van der Waals surface area contributed by atoms with Crippen LogP contribution in [0, 0.1) is 11.8 Å². The third kappa shape index (κ3) is 5.05. The largest absolute Gasteiger partial charge is 0.477 e. The first-order chi connectivity index (χ1) is 12.9. The average Bonchev–Trinajstić information content (AvgIpc) is 2.83. The van der Waals surface area contributed by atoms with Crippen LogP contribution in [-0.4, -0.2) is 42.1 Å². The number of halogens is 2. The SMILES string of the molecule is CCC#CC(C)Oc1cc(N)c(Cl)cc1C(=O)NC1CC2CCC(C1)N2C.Cl. The van der Waals surface area contributed by atoms with E-state index in [0.29, 0.717) is 34.1 Å². The summed E-state index contributed by atoms with van der Waals surface area (Å²) < 4.78 is 5.88. The van der Waals surface area contributed by atoms with Crippen LogP contribution in [0.3, 0.4) is 0 Å². The zero-order valence-electron chi connectivity index (χ0n) is 16.6. The molecule has 2 aliphatic heterocycles. The maximum Gasteiger partial charge on any atom is 0.255 e. The lowest BCUT2D eigenvalue weighted by Crippen LogP contribution is -2.48. The summed E-state index contributed by atoms with van der Waals surface area (Å²) in [5, 5.41) is 3.53. The van der Waals surface area contributed by atoms with Crippen molar-refractivity contribution in [2.24, 2.45) is 0 Å². The third-order valence-electron chi connectivity index (χ3n) is 5.56. The molecule has 0 spiro atoms. The molecule has 1 aromatic rings. The van der Waals surface area contributed by atoms with Gasteiger partial charge in [-0.2, -0.15) is 0 Å². The van der Waals surface area contributed by atoms with Gasteiger partial charge in [0.2, 0.25) is 0 Å². The number of piperidine rings is 1. The normalized spacial score (nSPS) is 24.5. The summed E-state index contributed by atoms with van der Waals surface area (Å²) in [5.41, 5.74) is 6.72. The van der Waals surface area contributed by atoms with Gasteiger partial charge in [0.1, 0.15) is 5.75 Å². The Morgan fingerprint density at radius 2 is 2.04 bits per heavy atom. The van der Waals surface area contributed by atoms with Gasteiger partial charge >= 0.3 is 0 Å². The standard InChI is InChI=1S/C21H28ClN3O2.ClH/c1-4-5-6-13(2)27-20-12-19(23)18(22)11-17(20)21(26)24-14-9-15-7-8-16(10-14)25(15)3;/h11-16H,4,7-10,23H2,1-3H3,(H,24,26);1H. The van der Waals surface area contributed by atoms with Crippen molar-refractivity contribution in [1.82, 2.24) is 10.2 Å². The Morgan fingerprint density at radius 1 is 1.39 bits per heavy atom. The molecule has 3 N–H and O–H groups in total. The number of nitrogen functional groups attached to an aromatic ring is 1. The number of nitrogens with one attached hydrogen (secondary N) is 1. The molecule has 5 nitrogen and oxygen atoms in total. The number of carbonyl (C=O) groups is 1. The maximum atomic E-state index is 13.0. The Bertz CT molecular complexity index is 761. The molecule has 2 saturated heterocycles. The summed E-state index contributed by atoms with van der Waals surface area (Å²) in [5.74, 6) is 6.25. The number of fused-ring (bicyclic) bond motifs is 2. The molecule has 7 heteroatoms. The summed E-state index contributed by atoms with van der Waals surface area (Å²) in [6, 6.07) is 4.49. The highest BCUT2D eigenvalue weighted by Crippen LogP contribution is 2.35. The second-order valence-corrected chi connectivity index (χ2v) is 7.90. The zero-order valence-corrected chi connectivity index (χ0v) is 18.2. The molecule has 2 bridgehead atoms. The van der Waals surface area contributed by atoms with Gasteiger partial charge in [0.15, 0.2) is 6.10 Å². The molecule has 0 saturated carbocycles. The van der Waals surface area contributed by atoms with E-state index in [1.54, 1.807) is 12.1 Å². The quantitative estimate of drug-likeness (QED) is 0.567. The number of rotatable bonds is 4. The van der Waals surface area contributed by atoms with Crippen LogP contribution < -0.4 is 15.8 Å². The van der Waals surface area contributed by atoms with Crippen LogP contribution in [-0.2, 0) is 0 Å². The molecule has 2 fully saturated rings. The van der Waals surface area contributed by atoms with E-state index in [0.717, 1.165) is 19.3 Å². The highest BCUT2D eigenvalue weighted by atomic mass is 35.5. The van der Waals surface area contributed by atoms with Gasteiger partial charge in [0.05, 0.1) is 16.3 Å². The van der Waals surface area contributed by atoms with Crippen molar-refractivity contribution >= 4 is 35.6 Å². The first-order valence-corrected chi connectivity index (χ1v) is 10.0. The first kappa shape index (κ1) is 22.7. The molecule has 0 aliphatic carbocycles. The van der Waals surface area contributed by atoms with Crippen molar-refractivity contribution in [1.29, 1.82) is 0 Å². The Hall–Kier alpha value is -1.61. The van der Waals surface area contributed by atoms with E-state index < -0.39 is 0 Å². The fraction of sp³-hybridized carbons (Fsp3) is 0.571. The molecule has 28 heavy (non-hydrogen) atoms. The number of hydrogen-bond donors (Lipinski definition) is 2. The number of anilines is 1. The third-order valence-corrected chi connectivity index (χ3v) is 5.89. The lowest BCUT2D eigenvalue weighted by Gasteiger charge is -2.36. The van der Waals surface area contributed by atoms with E-state index in [4.69, 9.17) is 22.1 Å². The number of benzene rings is 1. The molecule has 154 valence electrons. The minimum Gasteiger partial charge on any atom is -0.477 e. The second-order valence-electron chi connectivity index (χ2n) is 7.50. The van der Waals surface area contributed by atoms with Crippen LogP contribution in [0.5, 0.6) is 5.75 Å². The van der Waals surface area contributed by atoms with Crippen molar-refractivity contribution in [3.8, 4) is 17.6 Å². The minimum atomic E-state index is -0.337. The molecule has 3 unspecified atom stereocenters. The average molecular weight is 426 g/mol. The predicted molar refractivity (Wildman–Crippen MR) is 116 cm³/mol.